The number of hydrogen-bond donors (Lipinski definition) is 3. The number of unbranched alkanes of at least 4 members (excludes halogenated alkanes) is 37. The van der Waals surface area contributed by atoms with Crippen molar-refractivity contribution >= 4 is 39.5 Å². The van der Waals surface area contributed by atoms with Crippen molar-refractivity contribution in [2.24, 2.45) is 5.92 Å². The Bertz CT molecular complexity index is 1990. The van der Waals surface area contributed by atoms with Gasteiger partial charge in [0.2, 0.25) is 0 Å². The van der Waals surface area contributed by atoms with Crippen LogP contribution in [0.25, 0.3) is 0 Å². The van der Waals surface area contributed by atoms with Crippen LogP contribution >= 0.6 is 15.6 Å². The monoisotopic (exact) mass is 1370 g/mol. The van der Waals surface area contributed by atoms with Crippen molar-refractivity contribution in [3.63, 3.8) is 0 Å². The molecule has 0 bridgehead atoms. The highest BCUT2D eigenvalue weighted by atomic mass is 31.2. The van der Waals surface area contributed by atoms with E-state index in [4.69, 9.17) is 37.0 Å². The van der Waals surface area contributed by atoms with Gasteiger partial charge in [0.1, 0.15) is 19.3 Å². The van der Waals surface area contributed by atoms with E-state index in [1.54, 1.807) is 0 Å². The first-order valence-electron chi connectivity index (χ1n) is 37.8. The third kappa shape index (κ3) is 67.6. The summed E-state index contributed by atoms with van der Waals surface area (Å²) in [5, 5.41) is 10.6. The molecule has 94 heavy (non-hydrogen) atoms. The molecule has 550 valence electrons. The van der Waals surface area contributed by atoms with Crippen molar-refractivity contribution in [2.75, 3.05) is 39.6 Å². The minimum absolute atomic E-state index is 0.0783. The Morgan fingerprint density at radius 2 is 0.574 bits per heavy atom. The second-order valence-electron chi connectivity index (χ2n) is 26.1. The minimum atomic E-state index is -4.97. The molecule has 5 atom stereocenters. The number of esters is 4. The highest BCUT2D eigenvalue weighted by Crippen LogP contribution is 2.45. The fraction of sp³-hybridized carbons (Fsp3) is 0.840. The van der Waals surface area contributed by atoms with E-state index in [0.717, 1.165) is 128 Å². The molecule has 0 saturated carbocycles. The van der Waals surface area contributed by atoms with Crippen LogP contribution in [0, 0.1) is 5.92 Å². The molecule has 0 saturated heterocycles. The second-order valence-corrected chi connectivity index (χ2v) is 29.0. The first-order valence-corrected chi connectivity index (χ1v) is 40.8. The first kappa shape index (κ1) is 91.0. The van der Waals surface area contributed by atoms with E-state index in [2.05, 4.69) is 83.2 Å². The molecule has 0 aliphatic rings. The predicted molar refractivity (Wildman–Crippen MR) is 381 cm³/mol. The number of rotatable bonds is 71. The van der Waals surface area contributed by atoms with Crippen LogP contribution in [0.2, 0.25) is 0 Å². The second kappa shape index (κ2) is 67.2. The van der Waals surface area contributed by atoms with Crippen LogP contribution in [0.15, 0.2) is 48.6 Å². The summed E-state index contributed by atoms with van der Waals surface area (Å²) in [5.74, 6) is -1.41. The van der Waals surface area contributed by atoms with E-state index in [1.807, 2.05) is 0 Å². The van der Waals surface area contributed by atoms with Crippen LogP contribution in [0.3, 0.4) is 0 Å². The molecule has 0 amide bonds. The molecule has 0 heterocycles. The van der Waals surface area contributed by atoms with Gasteiger partial charge in [0.25, 0.3) is 0 Å². The van der Waals surface area contributed by atoms with Crippen LogP contribution < -0.4 is 0 Å². The minimum Gasteiger partial charge on any atom is -0.462 e. The number of allylic oxidation sites excluding steroid dienone is 8. The normalized spacial score (nSPS) is 14.3. The molecule has 19 heteroatoms. The zero-order valence-electron chi connectivity index (χ0n) is 60.1. The van der Waals surface area contributed by atoms with Gasteiger partial charge >= 0.3 is 39.5 Å². The van der Waals surface area contributed by atoms with Crippen molar-refractivity contribution in [1.82, 2.24) is 0 Å². The summed E-state index contributed by atoms with van der Waals surface area (Å²) in [4.78, 5) is 72.7. The number of hydrogen-bond acceptors (Lipinski definition) is 15. The van der Waals surface area contributed by atoms with Gasteiger partial charge in [-0.25, -0.2) is 9.13 Å². The number of aliphatic hydroxyl groups is 1. The van der Waals surface area contributed by atoms with E-state index in [-0.39, 0.29) is 25.7 Å². The lowest BCUT2D eigenvalue weighted by Gasteiger charge is -2.21. The zero-order chi connectivity index (χ0) is 69.1. The zero-order valence-corrected chi connectivity index (χ0v) is 61.9. The Balaban J connectivity index is 5.32. The van der Waals surface area contributed by atoms with Gasteiger partial charge < -0.3 is 33.8 Å². The summed E-state index contributed by atoms with van der Waals surface area (Å²) in [5.41, 5.74) is 0. The molecule has 3 N–H and O–H groups in total. The number of aliphatic hydroxyl groups excluding tert-OH is 1. The molecule has 0 fully saturated rings. The lowest BCUT2D eigenvalue weighted by atomic mass is 10.0. The smallest absolute Gasteiger partial charge is 0.462 e. The van der Waals surface area contributed by atoms with Gasteiger partial charge in [-0.3, -0.25) is 37.3 Å². The summed E-state index contributed by atoms with van der Waals surface area (Å²) in [7, 11) is -9.93. The predicted octanol–water partition coefficient (Wildman–Crippen LogP) is 21.2. The average molecular weight is 1370 g/mol. The molecular formula is C75H138O17P2. The number of ether oxygens (including phenoxy) is 4. The summed E-state index contributed by atoms with van der Waals surface area (Å²) in [6.45, 7) is 7.14. The quantitative estimate of drug-likeness (QED) is 0.0169. The summed E-state index contributed by atoms with van der Waals surface area (Å²) >= 11 is 0. The van der Waals surface area contributed by atoms with Crippen LogP contribution in [0.4, 0.5) is 0 Å². The van der Waals surface area contributed by atoms with Gasteiger partial charge in [0, 0.05) is 25.7 Å². The Kier molecular flexibility index (Phi) is 65.1. The van der Waals surface area contributed by atoms with E-state index in [1.165, 1.54) is 135 Å². The van der Waals surface area contributed by atoms with Gasteiger partial charge in [-0.15, -0.1) is 0 Å². The van der Waals surface area contributed by atoms with E-state index in [9.17, 15) is 43.2 Å². The molecule has 0 aromatic heterocycles. The van der Waals surface area contributed by atoms with Crippen molar-refractivity contribution in [3.8, 4) is 0 Å². The Morgan fingerprint density at radius 3 is 0.872 bits per heavy atom. The number of carbonyl (C=O) groups is 4. The van der Waals surface area contributed by atoms with Gasteiger partial charge in [-0.2, -0.15) is 0 Å². The topological polar surface area (TPSA) is 237 Å². The third-order valence-electron chi connectivity index (χ3n) is 16.3. The van der Waals surface area contributed by atoms with Gasteiger partial charge in [0.15, 0.2) is 12.2 Å². The van der Waals surface area contributed by atoms with Crippen molar-refractivity contribution in [1.29, 1.82) is 0 Å². The number of phosphoric ester groups is 2. The molecule has 0 aromatic rings. The molecule has 0 radical (unpaired) electrons. The highest BCUT2D eigenvalue weighted by Gasteiger charge is 2.30. The van der Waals surface area contributed by atoms with Crippen LogP contribution in [-0.2, 0) is 65.4 Å². The van der Waals surface area contributed by atoms with E-state index < -0.39 is 97.5 Å². The van der Waals surface area contributed by atoms with Crippen LogP contribution in [0.5, 0.6) is 0 Å². The van der Waals surface area contributed by atoms with Crippen molar-refractivity contribution in [3.05, 3.63) is 48.6 Å². The van der Waals surface area contributed by atoms with Crippen LogP contribution in [-0.4, -0.2) is 96.7 Å². The van der Waals surface area contributed by atoms with Crippen molar-refractivity contribution in [2.45, 2.75) is 361 Å². The molecule has 0 spiro atoms. The standard InChI is InChI=1S/C75H138O17P2/c1-6-9-12-15-18-21-24-26-28-30-34-39-44-49-54-59-73(78)86-65-71(91-74(79)60-55-50-45-40-35-31-29-27-25-22-19-16-13-10-7-2)67-90-94(83,84)88-63-69(76)62-87-93(81,82)89-66-70(64-85-72(77)58-53-48-43-38-23-20-17-14-11-8-3)92-75(80)61-56-51-46-41-36-32-33-37-42-47-52-57-68(4)5/h21-22,24-29,68-71,76H,6-20,23,30-67H2,1-5H3,(H,81,82)(H,83,84)/b24-21-,25-22-,28-26-,29-27-/t69-,70+,71+/m0/s1. The lowest BCUT2D eigenvalue weighted by Crippen LogP contribution is -2.30. The van der Waals surface area contributed by atoms with E-state index >= 15 is 0 Å². The lowest BCUT2D eigenvalue weighted by molar-refractivity contribution is -0.161. The molecular weight excluding hydrogens is 1230 g/mol. The maximum Gasteiger partial charge on any atom is 0.472 e. The number of phosphoric acid groups is 2. The van der Waals surface area contributed by atoms with Gasteiger partial charge in [-0.1, -0.05) is 289 Å². The summed E-state index contributed by atoms with van der Waals surface area (Å²) < 4.78 is 68.4. The van der Waals surface area contributed by atoms with Gasteiger partial charge in [0.05, 0.1) is 26.4 Å². The third-order valence-corrected chi connectivity index (χ3v) is 18.2. The van der Waals surface area contributed by atoms with Crippen LogP contribution in [0.1, 0.15) is 343 Å². The average Bonchev–Trinajstić information content (AvgIpc) is 1.28. The summed E-state index contributed by atoms with van der Waals surface area (Å²) in [6.07, 6.45) is 61.1. The maximum atomic E-state index is 13.1. The van der Waals surface area contributed by atoms with Gasteiger partial charge in [-0.05, 0) is 83.0 Å². The number of carbonyl (C=O) groups excluding carboxylic acids is 4. The molecule has 0 aromatic carbocycles. The fourth-order valence-corrected chi connectivity index (χ4v) is 12.0. The Morgan fingerprint density at radius 1 is 0.330 bits per heavy atom. The SMILES string of the molecule is CCCCCC/C=C\C=C/CCCCCCCC(=O)OC[C@H](COP(=O)(O)OC[C@@H](O)COP(=O)(O)OC[C@@H](COC(=O)CCCCCCCCCCCC)OC(=O)CCCCCCCCCCCCCC(C)C)OC(=O)CCCCCCC/C=C\C=C/CCCCCC. The Labute approximate surface area is 572 Å². The highest BCUT2D eigenvalue weighted by molar-refractivity contribution is 7.47. The molecule has 17 nitrogen and oxygen atoms in total. The Hall–Kier alpha value is -2.98. The molecule has 2 unspecified atom stereocenters. The maximum absolute atomic E-state index is 13.1. The molecule has 0 aliphatic heterocycles. The first-order chi connectivity index (χ1) is 45.5. The summed E-state index contributed by atoms with van der Waals surface area (Å²) in [6, 6.07) is 0. The molecule has 0 aliphatic carbocycles. The van der Waals surface area contributed by atoms with E-state index in [0.29, 0.717) is 25.7 Å². The molecule has 0 rings (SSSR count). The fourth-order valence-electron chi connectivity index (χ4n) is 10.4. The largest absolute Gasteiger partial charge is 0.472 e. The van der Waals surface area contributed by atoms with Crippen molar-refractivity contribution < 1.29 is 80.2 Å².